The van der Waals surface area contributed by atoms with Gasteiger partial charge in [0, 0.05) is 42.3 Å². The number of rotatable bonds is 8. The molecule has 0 aromatic rings. The molecule has 0 rings (SSSR count). The molecule has 0 aromatic carbocycles. The van der Waals surface area contributed by atoms with Crippen LogP contribution in [0.3, 0.4) is 0 Å². The third-order valence-corrected chi connectivity index (χ3v) is 2.53. The van der Waals surface area contributed by atoms with Crippen molar-refractivity contribution in [2.24, 2.45) is 0 Å². The monoisotopic (exact) mass is 292 g/mol. The molecule has 0 heterocycles. The summed E-state index contributed by atoms with van der Waals surface area (Å²) in [7, 11) is 5.07. The van der Waals surface area contributed by atoms with Gasteiger partial charge in [0.05, 0.1) is 0 Å². The maximum atomic E-state index is 11.7. The first-order valence-corrected chi connectivity index (χ1v) is 5.53. The lowest BCUT2D eigenvalue weighted by Crippen LogP contribution is -2.39. The van der Waals surface area contributed by atoms with Gasteiger partial charge >= 0.3 is 23.9 Å². The van der Waals surface area contributed by atoms with E-state index in [4.69, 9.17) is 28.4 Å². The Balaban J connectivity index is 4.75. The third kappa shape index (κ3) is 4.89. The Morgan fingerprint density at radius 1 is 0.750 bits per heavy atom. The van der Waals surface area contributed by atoms with Crippen LogP contribution in [0.5, 0.6) is 0 Å². The summed E-state index contributed by atoms with van der Waals surface area (Å²) in [6, 6.07) is 0. The molecule has 0 saturated carbocycles. The largest absolute Gasteiger partial charge is 0.404 e. The van der Waals surface area contributed by atoms with Crippen molar-refractivity contribution in [2.75, 3.05) is 28.4 Å². The summed E-state index contributed by atoms with van der Waals surface area (Å²) < 4.78 is 29.0. The highest BCUT2D eigenvalue weighted by Crippen LogP contribution is 2.17. The maximum absolute atomic E-state index is 11.7. The van der Waals surface area contributed by atoms with Crippen LogP contribution < -0.4 is 0 Å². The molecule has 0 unspecified atom stereocenters. The molecule has 0 atom stereocenters. The van der Waals surface area contributed by atoms with Gasteiger partial charge in [0.25, 0.3) is 0 Å². The van der Waals surface area contributed by atoms with Crippen LogP contribution in [-0.2, 0) is 38.0 Å². The number of hydrogen-bond donors (Lipinski definition) is 0. The van der Waals surface area contributed by atoms with Crippen molar-refractivity contribution in [3.8, 4) is 0 Å². The molecule has 8 nitrogen and oxygen atoms in total. The summed E-state index contributed by atoms with van der Waals surface area (Å²) in [6.07, 6.45) is 0. The zero-order chi connectivity index (χ0) is 16.0. The number of ether oxygens (including phenoxy) is 6. The minimum Gasteiger partial charge on any atom is -0.404 e. The second-order valence-corrected chi connectivity index (χ2v) is 3.80. The normalized spacial score (nSPS) is 11.9. The van der Waals surface area contributed by atoms with Crippen molar-refractivity contribution in [3.05, 3.63) is 12.2 Å². The minimum absolute atomic E-state index is 0.564. The lowest BCUT2D eigenvalue weighted by molar-refractivity contribution is -0.334. The fourth-order valence-electron chi connectivity index (χ4n) is 0.877. The summed E-state index contributed by atoms with van der Waals surface area (Å²) in [5.74, 6) is -5.38. The van der Waals surface area contributed by atoms with Gasteiger partial charge < -0.3 is 28.4 Å². The van der Waals surface area contributed by atoms with E-state index in [9.17, 15) is 9.59 Å². The molecule has 0 spiro atoms. The summed E-state index contributed by atoms with van der Waals surface area (Å²) in [6.45, 7) is 5.98. The van der Waals surface area contributed by atoms with Gasteiger partial charge in [0.1, 0.15) is 5.57 Å². The van der Waals surface area contributed by atoms with E-state index in [0.717, 1.165) is 0 Å². The maximum Gasteiger partial charge on any atom is 0.349 e. The molecule has 0 saturated heterocycles. The zero-order valence-electron chi connectivity index (χ0n) is 12.5. The van der Waals surface area contributed by atoms with E-state index in [1.807, 2.05) is 0 Å². The molecule has 116 valence electrons. The molecule has 0 aliphatic rings. The summed E-state index contributed by atoms with van der Waals surface area (Å²) in [5.41, 5.74) is -0.564. The topological polar surface area (TPSA) is 89.5 Å². The number of methoxy groups -OCH3 is 4. The molecular weight excluding hydrogens is 272 g/mol. The first-order valence-electron chi connectivity index (χ1n) is 5.53. The molecule has 0 radical (unpaired) electrons. The fourth-order valence-corrected chi connectivity index (χ4v) is 0.877. The average molecular weight is 292 g/mol. The van der Waals surface area contributed by atoms with E-state index in [2.05, 4.69) is 6.58 Å². The second kappa shape index (κ2) is 7.34. The molecule has 0 aromatic heterocycles. The molecule has 0 aliphatic carbocycles. The summed E-state index contributed by atoms with van der Waals surface area (Å²) >= 11 is 0. The molecular formula is C12H20O8. The van der Waals surface area contributed by atoms with Gasteiger partial charge in [-0.05, 0) is 0 Å². The highest BCUT2D eigenvalue weighted by atomic mass is 16.9. The van der Waals surface area contributed by atoms with Gasteiger partial charge in [-0.3, -0.25) is 0 Å². The van der Waals surface area contributed by atoms with Crippen molar-refractivity contribution < 1.29 is 38.0 Å². The van der Waals surface area contributed by atoms with Crippen LogP contribution in [0.2, 0.25) is 0 Å². The van der Waals surface area contributed by atoms with E-state index < -0.39 is 29.5 Å². The second-order valence-electron chi connectivity index (χ2n) is 3.80. The van der Waals surface area contributed by atoms with Crippen LogP contribution in [0, 0.1) is 0 Å². The third-order valence-electron chi connectivity index (χ3n) is 2.53. The van der Waals surface area contributed by atoms with E-state index in [-0.39, 0.29) is 0 Å². The molecule has 0 fully saturated rings. The Kier molecular flexibility index (Phi) is 6.80. The van der Waals surface area contributed by atoms with Gasteiger partial charge in [-0.1, -0.05) is 6.58 Å². The molecule has 0 bridgehead atoms. The van der Waals surface area contributed by atoms with E-state index >= 15 is 0 Å². The van der Waals surface area contributed by atoms with Gasteiger partial charge in [-0.25, -0.2) is 9.59 Å². The lowest BCUT2D eigenvalue weighted by Gasteiger charge is -2.27. The molecule has 8 heteroatoms. The van der Waals surface area contributed by atoms with Crippen LogP contribution in [0.4, 0.5) is 0 Å². The van der Waals surface area contributed by atoms with Crippen molar-refractivity contribution in [2.45, 2.75) is 25.8 Å². The fraction of sp³-hybridized carbons (Fsp3) is 0.667. The molecule has 0 aliphatic heterocycles. The van der Waals surface area contributed by atoms with Crippen molar-refractivity contribution in [1.29, 1.82) is 0 Å². The lowest BCUT2D eigenvalue weighted by atomic mass is 10.3. The van der Waals surface area contributed by atoms with Gasteiger partial charge in [0.2, 0.25) is 0 Å². The highest BCUT2D eigenvalue weighted by Gasteiger charge is 2.35. The Labute approximate surface area is 117 Å². The SMILES string of the molecule is C=C(C(=O)OC(C)(OC)OC)C(=O)OC(C)(OC)OC. The highest BCUT2D eigenvalue weighted by molar-refractivity contribution is 6.13. The standard InChI is InChI=1S/C12H20O8/c1-8(9(13)19-11(2,15-4)16-5)10(14)20-12(3,17-6)18-7/h1H2,2-7H3. The Hall–Kier alpha value is -1.48. The number of carbonyl (C=O) groups is 2. The molecule has 0 N–H and O–H groups in total. The van der Waals surface area contributed by atoms with Gasteiger partial charge in [-0.15, -0.1) is 0 Å². The van der Waals surface area contributed by atoms with Crippen LogP contribution in [0.1, 0.15) is 13.8 Å². The zero-order valence-corrected chi connectivity index (χ0v) is 12.5. The first kappa shape index (κ1) is 18.5. The summed E-state index contributed by atoms with van der Waals surface area (Å²) in [4.78, 5) is 23.4. The predicted molar refractivity (Wildman–Crippen MR) is 66.2 cm³/mol. The summed E-state index contributed by atoms with van der Waals surface area (Å²) in [5, 5.41) is 0. The smallest absolute Gasteiger partial charge is 0.349 e. The van der Waals surface area contributed by atoms with Crippen molar-refractivity contribution in [3.63, 3.8) is 0 Å². The quantitative estimate of drug-likeness (QED) is 0.211. The average Bonchev–Trinajstić information content (AvgIpc) is 2.45. The van der Waals surface area contributed by atoms with Crippen LogP contribution in [0.25, 0.3) is 0 Å². The Bertz CT molecular complexity index is 334. The number of hydrogen-bond acceptors (Lipinski definition) is 8. The van der Waals surface area contributed by atoms with Crippen molar-refractivity contribution in [1.82, 2.24) is 0 Å². The minimum atomic E-state index is -1.63. The van der Waals surface area contributed by atoms with E-state index in [0.29, 0.717) is 0 Å². The first-order chi connectivity index (χ1) is 9.16. The Morgan fingerprint density at radius 2 is 1.00 bits per heavy atom. The molecule has 0 amide bonds. The van der Waals surface area contributed by atoms with E-state index in [1.165, 1.54) is 42.3 Å². The molecule has 20 heavy (non-hydrogen) atoms. The van der Waals surface area contributed by atoms with E-state index in [1.54, 1.807) is 0 Å². The van der Waals surface area contributed by atoms with Crippen LogP contribution >= 0.6 is 0 Å². The van der Waals surface area contributed by atoms with Gasteiger partial charge in [-0.2, -0.15) is 0 Å². The van der Waals surface area contributed by atoms with Crippen LogP contribution in [-0.4, -0.2) is 52.3 Å². The van der Waals surface area contributed by atoms with Crippen molar-refractivity contribution >= 4 is 11.9 Å². The van der Waals surface area contributed by atoms with Crippen LogP contribution in [0.15, 0.2) is 12.2 Å². The number of carbonyl (C=O) groups excluding carboxylic acids is 2. The number of esters is 2. The van der Waals surface area contributed by atoms with Gasteiger partial charge in [0.15, 0.2) is 0 Å². The predicted octanol–water partition coefficient (Wildman–Crippen LogP) is 0.562. The Morgan fingerprint density at radius 3 is 1.20 bits per heavy atom.